The van der Waals surface area contributed by atoms with Crippen molar-refractivity contribution in [2.24, 2.45) is 7.05 Å². The van der Waals surface area contributed by atoms with Gasteiger partial charge in [-0.2, -0.15) is 13.9 Å². The van der Waals surface area contributed by atoms with Crippen LogP contribution < -0.4 is 10.1 Å². The average Bonchev–Trinajstić information content (AvgIpc) is 3.43. The molecule has 5 heterocycles. The number of amides is 1. The number of nitrogens with zero attached hydrogens (tertiary/aromatic N) is 5. The summed E-state index contributed by atoms with van der Waals surface area (Å²) in [6, 6.07) is 8.18. The molecule has 10 heteroatoms. The first-order chi connectivity index (χ1) is 16.0. The lowest BCUT2D eigenvalue weighted by Gasteiger charge is -2.20. The molecule has 4 aromatic rings. The first-order valence-corrected chi connectivity index (χ1v) is 10.3. The number of halogens is 2. The second-order valence-electron chi connectivity index (χ2n) is 7.90. The molecule has 2 aliphatic rings. The molecule has 164 valence electrons. The van der Waals surface area contributed by atoms with Gasteiger partial charge in [-0.15, -0.1) is 0 Å². The number of aromatic nitrogens is 5. The highest BCUT2D eigenvalue weighted by molar-refractivity contribution is 5.97. The van der Waals surface area contributed by atoms with E-state index in [4.69, 9.17) is 9.72 Å². The van der Waals surface area contributed by atoms with Crippen molar-refractivity contribution >= 4 is 16.9 Å². The molecule has 2 atom stereocenters. The van der Waals surface area contributed by atoms with Crippen LogP contribution in [0.15, 0.2) is 42.7 Å². The highest BCUT2D eigenvalue weighted by Crippen LogP contribution is 2.46. The molecule has 1 amide bonds. The Morgan fingerprint density at radius 2 is 2.12 bits per heavy atom. The maximum Gasteiger partial charge on any atom is 0.388 e. The summed E-state index contributed by atoms with van der Waals surface area (Å²) < 4.78 is 34.5. The molecule has 0 aliphatic carbocycles. The van der Waals surface area contributed by atoms with Crippen LogP contribution in [-0.2, 0) is 7.05 Å². The first kappa shape index (κ1) is 19.4. The highest BCUT2D eigenvalue weighted by atomic mass is 19.3. The van der Waals surface area contributed by atoms with E-state index >= 15 is 0 Å². The van der Waals surface area contributed by atoms with Gasteiger partial charge >= 0.3 is 6.61 Å². The van der Waals surface area contributed by atoms with E-state index in [9.17, 15) is 13.6 Å². The number of nitrogens with one attached hydrogen (secondary N) is 1. The summed E-state index contributed by atoms with van der Waals surface area (Å²) in [5.41, 5.74) is 3.53. The van der Waals surface area contributed by atoms with Crippen LogP contribution in [0.25, 0.3) is 11.0 Å². The quantitative estimate of drug-likeness (QED) is 0.479. The van der Waals surface area contributed by atoms with Gasteiger partial charge in [-0.3, -0.25) is 9.48 Å². The van der Waals surface area contributed by atoms with Crippen LogP contribution >= 0.6 is 0 Å². The number of imidazole rings is 1. The second kappa shape index (κ2) is 7.13. The number of hydrogen-bond acceptors (Lipinski definition) is 5. The fraction of sp³-hybridized carbons (Fsp3) is 0.217. The summed E-state index contributed by atoms with van der Waals surface area (Å²) in [4.78, 5) is 21.5. The minimum Gasteiger partial charge on any atom is -0.417 e. The predicted molar refractivity (Wildman–Crippen MR) is 113 cm³/mol. The number of fused-ring (bicyclic) bond motifs is 9. The average molecular weight is 446 g/mol. The number of pyridine rings is 1. The Morgan fingerprint density at radius 1 is 1.24 bits per heavy atom. The van der Waals surface area contributed by atoms with E-state index in [0.717, 1.165) is 16.6 Å². The van der Waals surface area contributed by atoms with Crippen LogP contribution in [0.4, 0.5) is 8.78 Å². The molecule has 1 N–H and O–H groups in total. The summed E-state index contributed by atoms with van der Waals surface area (Å²) in [7, 11) is 1.82. The topological polar surface area (TPSA) is 86.9 Å². The largest absolute Gasteiger partial charge is 0.417 e. The lowest BCUT2D eigenvalue weighted by atomic mass is 10.0. The third-order valence-corrected chi connectivity index (χ3v) is 5.89. The van der Waals surface area contributed by atoms with E-state index in [1.54, 1.807) is 4.68 Å². The fourth-order valence-electron chi connectivity index (χ4n) is 4.57. The Morgan fingerprint density at radius 3 is 2.91 bits per heavy atom. The van der Waals surface area contributed by atoms with Gasteiger partial charge in [-0.1, -0.05) is 5.92 Å². The van der Waals surface area contributed by atoms with Crippen molar-refractivity contribution < 1.29 is 18.3 Å². The maximum atomic E-state index is 13.1. The van der Waals surface area contributed by atoms with Gasteiger partial charge in [0.1, 0.15) is 11.5 Å². The first-order valence-electron chi connectivity index (χ1n) is 10.3. The van der Waals surface area contributed by atoms with Gasteiger partial charge in [0.2, 0.25) is 5.88 Å². The smallest absolute Gasteiger partial charge is 0.388 e. The monoisotopic (exact) mass is 446 g/mol. The Balaban J connectivity index is 1.50. The maximum absolute atomic E-state index is 13.1. The molecule has 33 heavy (non-hydrogen) atoms. The lowest BCUT2D eigenvalue weighted by molar-refractivity contribution is -0.0537. The van der Waals surface area contributed by atoms with Crippen molar-refractivity contribution in [2.45, 2.75) is 25.1 Å². The third-order valence-electron chi connectivity index (χ3n) is 5.89. The molecule has 0 unspecified atom stereocenters. The molecule has 0 spiro atoms. The van der Waals surface area contributed by atoms with Crippen LogP contribution in [0, 0.1) is 11.8 Å². The van der Waals surface area contributed by atoms with Gasteiger partial charge in [0.25, 0.3) is 5.91 Å². The van der Waals surface area contributed by atoms with Crippen molar-refractivity contribution in [3.8, 4) is 17.7 Å². The molecule has 0 radical (unpaired) electrons. The fourth-order valence-corrected chi connectivity index (χ4v) is 4.57. The molecule has 0 saturated heterocycles. The Kier molecular flexibility index (Phi) is 4.20. The van der Waals surface area contributed by atoms with Gasteiger partial charge < -0.3 is 14.6 Å². The van der Waals surface area contributed by atoms with Crippen molar-refractivity contribution in [1.82, 2.24) is 29.6 Å². The van der Waals surface area contributed by atoms with Gasteiger partial charge in [0, 0.05) is 31.4 Å². The van der Waals surface area contributed by atoms with Crippen LogP contribution in [0.2, 0.25) is 0 Å². The number of hydrogen-bond donors (Lipinski definition) is 1. The molecular formula is C23H16F2N6O2. The minimum atomic E-state index is -3.06. The molecule has 1 aromatic carbocycles. The Bertz CT molecular complexity index is 1500. The summed E-state index contributed by atoms with van der Waals surface area (Å²) in [5.74, 6) is 6.20. The molecule has 2 aliphatic heterocycles. The lowest BCUT2D eigenvalue weighted by Crippen LogP contribution is -2.28. The zero-order valence-corrected chi connectivity index (χ0v) is 17.3. The predicted octanol–water partition coefficient (Wildman–Crippen LogP) is 2.94. The highest BCUT2D eigenvalue weighted by Gasteiger charge is 2.42. The van der Waals surface area contributed by atoms with E-state index in [2.05, 4.69) is 27.2 Å². The Labute approximate surface area is 186 Å². The number of carbonyl (C=O) groups is 1. The number of carbonyl (C=O) groups excluding carboxylic acids is 1. The standard InChI is InChI=1S/C23H16F2N6O2/c1-30-9-7-13(29-30)4-2-12-3-5-15-17(10-12)31-18-11-16(20(31)27-15)28-21(32)14-6-8-26-22(19(14)18)33-23(24)25/h3,5-10,16,18,23H,11H2,1H3,(H,28,32)/t16-,18-/m1/s1. The van der Waals surface area contributed by atoms with Crippen molar-refractivity contribution in [2.75, 3.05) is 0 Å². The van der Waals surface area contributed by atoms with E-state index in [-0.39, 0.29) is 23.4 Å². The number of alkyl halides is 2. The summed E-state index contributed by atoms with van der Waals surface area (Å²) in [6.45, 7) is -3.06. The van der Waals surface area contributed by atoms with Crippen molar-refractivity contribution in [3.63, 3.8) is 0 Å². The normalized spacial score (nSPS) is 18.4. The Hall–Kier alpha value is -4.26. The van der Waals surface area contributed by atoms with Crippen LogP contribution in [-0.4, -0.2) is 36.8 Å². The van der Waals surface area contributed by atoms with Gasteiger partial charge in [0.15, 0.2) is 0 Å². The molecule has 2 bridgehead atoms. The zero-order chi connectivity index (χ0) is 22.7. The molecule has 0 saturated carbocycles. The van der Waals surface area contributed by atoms with E-state index in [1.165, 1.54) is 12.3 Å². The van der Waals surface area contributed by atoms with Crippen LogP contribution in [0.5, 0.6) is 5.88 Å². The zero-order valence-electron chi connectivity index (χ0n) is 17.3. The van der Waals surface area contributed by atoms with Gasteiger partial charge in [0.05, 0.1) is 34.2 Å². The van der Waals surface area contributed by atoms with E-state index < -0.39 is 12.7 Å². The molecule has 8 nitrogen and oxygen atoms in total. The van der Waals surface area contributed by atoms with E-state index in [1.807, 2.05) is 42.1 Å². The van der Waals surface area contributed by atoms with E-state index in [0.29, 0.717) is 23.5 Å². The summed E-state index contributed by atoms with van der Waals surface area (Å²) in [6.07, 6.45) is 3.58. The van der Waals surface area contributed by atoms with Gasteiger partial charge in [-0.25, -0.2) is 9.97 Å². The summed E-state index contributed by atoms with van der Waals surface area (Å²) in [5, 5.41) is 7.21. The number of rotatable bonds is 2. The number of aryl methyl sites for hydroxylation is 1. The second-order valence-corrected chi connectivity index (χ2v) is 7.90. The van der Waals surface area contributed by atoms with Gasteiger partial charge in [-0.05, 0) is 36.3 Å². The third kappa shape index (κ3) is 3.12. The van der Waals surface area contributed by atoms with Crippen LogP contribution in [0.3, 0.4) is 0 Å². The summed E-state index contributed by atoms with van der Waals surface area (Å²) >= 11 is 0. The van der Waals surface area contributed by atoms with Crippen molar-refractivity contribution in [3.05, 3.63) is 70.9 Å². The number of benzene rings is 1. The van der Waals surface area contributed by atoms with Crippen LogP contribution in [0.1, 0.15) is 51.5 Å². The SMILES string of the molecule is Cn1ccc(C#Cc2ccc3nc4n(c3c2)[C@@H]2C[C@H]4NC(=O)c3ccnc(OC(F)F)c32)n1. The minimum absolute atomic E-state index is 0.246. The molecular weight excluding hydrogens is 430 g/mol. The number of ether oxygens (including phenoxy) is 1. The molecule has 3 aromatic heterocycles. The molecule has 6 rings (SSSR count). The molecule has 0 fully saturated rings. The van der Waals surface area contributed by atoms with Crippen molar-refractivity contribution in [1.29, 1.82) is 0 Å².